The molecule has 0 spiro atoms. The van der Waals surface area contributed by atoms with E-state index in [0.717, 1.165) is 6.08 Å². The molecule has 1 aromatic rings. The molecule has 0 unspecified atom stereocenters. The Balaban J connectivity index is 3.03. The third-order valence-electron chi connectivity index (χ3n) is 2.64. The van der Waals surface area contributed by atoms with Crippen molar-refractivity contribution in [3.63, 3.8) is 0 Å². The van der Waals surface area contributed by atoms with Gasteiger partial charge in [-0.05, 0) is 39.0 Å². The zero-order chi connectivity index (χ0) is 18.3. The molecule has 1 rings (SSSR count). The molecular formula is C17H21NO6. The summed E-state index contributed by atoms with van der Waals surface area (Å²) in [6, 6.07) is 6.33. The van der Waals surface area contributed by atoms with Crippen LogP contribution in [-0.2, 0) is 23.8 Å². The Labute approximate surface area is 140 Å². The van der Waals surface area contributed by atoms with Gasteiger partial charge in [0.25, 0.3) is 0 Å². The maximum atomic E-state index is 12.1. The second-order valence-electron chi connectivity index (χ2n) is 5.78. The third kappa shape index (κ3) is 6.12. The topological polar surface area (TPSA) is 90.9 Å². The van der Waals surface area contributed by atoms with Crippen LogP contribution in [0.2, 0.25) is 0 Å². The quantitative estimate of drug-likeness (QED) is 0.501. The van der Waals surface area contributed by atoms with Gasteiger partial charge in [-0.1, -0.05) is 6.07 Å². The maximum Gasteiger partial charge on any atom is 0.354 e. The van der Waals surface area contributed by atoms with Crippen LogP contribution in [0, 0.1) is 0 Å². The van der Waals surface area contributed by atoms with Crippen LogP contribution in [0.3, 0.4) is 0 Å². The number of methoxy groups -OCH3 is 2. The van der Waals surface area contributed by atoms with Crippen LogP contribution in [0.5, 0.6) is 0 Å². The molecule has 7 nitrogen and oxygen atoms in total. The van der Waals surface area contributed by atoms with Crippen molar-refractivity contribution >= 4 is 23.6 Å². The standard InChI is InChI=1S/C17H21NO6/c1-17(2,3)24-15(20)11-7-6-8-12(9-11)18-13(16(21)23-5)10-14(19)22-4/h6-10,18H,1-5H3/b13-10+. The van der Waals surface area contributed by atoms with Crippen molar-refractivity contribution < 1.29 is 28.6 Å². The molecule has 0 aliphatic carbocycles. The normalized spacial score (nSPS) is 11.5. The van der Waals surface area contributed by atoms with Crippen molar-refractivity contribution in [1.82, 2.24) is 0 Å². The lowest BCUT2D eigenvalue weighted by molar-refractivity contribution is -0.138. The molecule has 0 amide bonds. The van der Waals surface area contributed by atoms with Gasteiger partial charge in [0.1, 0.15) is 11.3 Å². The lowest BCUT2D eigenvalue weighted by Gasteiger charge is -2.19. The van der Waals surface area contributed by atoms with Crippen LogP contribution in [0.25, 0.3) is 0 Å². The fraction of sp³-hybridized carbons (Fsp3) is 0.353. The molecule has 0 aliphatic rings. The van der Waals surface area contributed by atoms with Gasteiger partial charge >= 0.3 is 17.9 Å². The Morgan fingerprint density at radius 3 is 2.29 bits per heavy atom. The molecule has 0 bridgehead atoms. The van der Waals surface area contributed by atoms with Crippen molar-refractivity contribution in [3.05, 3.63) is 41.6 Å². The Hall–Kier alpha value is -2.83. The number of hydrogen-bond donors (Lipinski definition) is 1. The summed E-state index contributed by atoms with van der Waals surface area (Å²) in [4.78, 5) is 35.1. The molecule has 130 valence electrons. The van der Waals surface area contributed by atoms with Crippen molar-refractivity contribution in [2.75, 3.05) is 19.5 Å². The van der Waals surface area contributed by atoms with Crippen LogP contribution in [0.1, 0.15) is 31.1 Å². The van der Waals surface area contributed by atoms with Gasteiger partial charge in [0.05, 0.1) is 25.9 Å². The highest BCUT2D eigenvalue weighted by atomic mass is 16.6. The molecule has 0 radical (unpaired) electrons. The first kappa shape index (κ1) is 19.2. The van der Waals surface area contributed by atoms with E-state index in [-0.39, 0.29) is 5.70 Å². The minimum atomic E-state index is -0.747. The number of nitrogens with one attached hydrogen (secondary N) is 1. The second-order valence-corrected chi connectivity index (χ2v) is 5.78. The van der Waals surface area contributed by atoms with E-state index < -0.39 is 23.5 Å². The van der Waals surface area contributed by atoms with Gasteiger partial charge in [0.2, 0.25) is 0 Å². The monoisotopic (exact) mass is 335 g/mol. The summed E-state index contributed by atoms with van der Waals surface area (Å²) in [6.45, 7) is 5.30. The van der Waals surface area contributed by atoms with Crippen LogP contribution in [0.4, 0.5) is 5.69 Å². The van der Waals surface area contributed by atoms with Crippen molar-refractivity contribution in [3.8, 4) is 0 Å². The minimum absolute atomic E-state index is 0.120. The van der Waals surface area contributed by atoms with E-state index in [2.05, 4.69) is 14.8 Å². The maximum absolute atomic E-state index is 12.1. The summed E-state index contributed by atoms with van der Waals surface area (Å²) in [7, 11) is 2.38. The lowest BCUT2D eigenvalue weighted by atomic mass is 10.1. The van der Waals surface area contributed by atoms with E-state index in [0.29, 0.717) is 11.3 Å². The van der Waals surface area contributed by atoms with Gasteiger partial charge in [-0.2, -0.15) is 0 Å². The number of hydrogen-bond acceptors (Lipinski definition) is 7. The molecule has 0 aliphatic heterocycles. The van der Waals surface area contributed by atoms with E-state index in [1.54, 1.807) is 39.0 Å². The van der Waals surface area contributed by atoms with E-state index in [9.17, 15) is 14.4 Å². The molecule has 0 aromatic heterocycles. The predicted octanol–water partition coefficient (Wildman–Crippen LogP) is 2.28. The fourth-order valence-corrected chi connectivity index (χ4v) is 1.65. The van der Waals surface area contributed by atoms with Gasteiger partial charge in [0.15, 0.2) is 0 Å². The second kappa shape index (κ2) is 8.14. The van der Waals surface area contributed by atoms with Gasteiger partial charge in [-0.3, -0.25) is 0 Å². The van der Waals surface area contributed by atoms with Crippen LogP contribution < -0.4 is 5.32 Å². The Morgan fingerprint density at radius 2 is 1.75 bits per heavy atom. The molecule has 1 aromatic carbocycles. The highest BCUT2D eigenvalue weighted by Crippen LogP contribution is 2.17. The molecule has 0 atom stereocenters. The predicted molar refractivity (Wildman–Crippen MR) is 87.3 cm³/mol. The average Bonchev–Trinajstić information content (AvgIpc) is 2.52. The Morgan fingerprint density at radius 1 is 1.08 bits per heavy atom. The highest BCUT2D eigenvalue weighted by molar-refractivity contribution is 5.99. The van der Waals surface area contributed by atoms with Gasteiger partial charge in [-0.25, -0.2) is 14.4 Å². The molecule has 0 fully saturated rings. The summed E-state index contributed by atoms with van der Waals surface area (Å²) in [5.74, 6) is -1.96. The summed E-state index contributed by atoms with van der Waals surface area (Å²) in [6.07, 6.45) is 0.964. The number of ether oxygens (including phenoxy) is 3. The van der Waals surface area contributed by atoms with Crippen LogP contribution in [-0.4, -0.2) is 37.7 Å². The number of benzene rings is 1. The smallest absolute Gasteiger partial charge is 0.354 e. The third-order valence-corrected chi connectivity index (χ3v) is 2.64. The molecule has 0 saturated heterocycles. The van der Waals surface area contributed by atoms with Crippen molar-refractivity contribution in [2.24, 2.45) is 0 Å². The minimum Gasteiger partial charge on any atom is -0.466 e. The number of anilines is 1. The summed E-state index contributed by atoms with van der Waals surface area (Å²) in [5.41, 5.74) is -0.0236. The highest BCUT2D eigenvalue weighted by Gasteiger charge is 2.19. The molecule has 0 saturated carbocycles. The first-order chi connectivity index (χ1) is 11.2. The molecule has 0 heterocycles. The van der Waals surface area contributed by atoms with Crippen molar-refractivity contribution in [2.45, 2.75) is 26.4 Å². The molecule has 1 N–H and O–H groups in total. The number of esters is 3. The Kier molecular flexibility index (Phi) is 6.52. The summed E-state index contributed by atoms with van der Waals surface area (Å²) >= 11 is 0. The largest absolute Gasteiger partial charge is 0.466 e. The molecule has 7 heteroatoms. The zero-order valence-corrected chi connectivity index (χ0v) is 14.3. The number of carbonyl (C=O) groups is 3. The summed E-state index contributed by atoms with van der Waals surface area (Å²) in [5, 5.41) is 2.73. The first-order valence-electron chi connectivity index (χ1n) is 7.14. The fourth-order valence-electron chi connectivity index (χ4n) is 1.65. The average molecular weight is 335 g/mol. The molecular weight excluding hydrogens is 314 g/mol. The molecule has 24 heavy (non-hydrogen) atoms. The van der Waals surface area contributed by atoms with Crippen molar-refractivity contribution in [1.29, 1.82) is 0 Å². The van der Waals surface area contributed by atoms with Gasteiger partial charge < -0.3 is 19.5 Å². The first-order valence-corrected chi connectivity index (χ1v) is 7.14. The van der Waals surface area contributed by atoms with E-state index in [1.165, 1.54) is 20.3 Å². The van der Waals surface area contributed by atoms with E-state index >= 15 is 0 Å². The van der Waals surface area contributed by atoms with Crippen LogP contribution >= 0.6 is 0 Å². The van der Waals surface area contributed by atoms with Crippen LogP contribution in [0.15, 0.2) is 36.0 Å². The zero-order valence-electron chi connectivity index (χ0n) is 14.3. The number of rotatable bonds is 5. The van der Waals surface area contributed by atoms with Gasteiger partial charge in [0, 0.05) is 5.69 Å². The SMILES string of the molecule is COC(=O)/C=C(/Nc1cccc(C(=O)OC(C)(C)C)c1)C(=O)OC. The Bertz CT molecular complexity index is 657. The van der Waals surface area contributed by atoms with Gasteiger partial charge in [-0.15, -0.1) is 0 Å². The van der Waals surface area contributed by atoms with E-state index in [4.69, 9.17) is 4.74 Å². The number of carbonyl (C=O) groups excluding carboxylic acids is 3. The van der Waals surface area contributed by atoms with E-state index in [1.807, 2.05) is 0 Å². The lowest BCUT2D eigenvalue weighted by Crippen LogP contribution is -2.24. The summed E-state index contributed by atoms with van der Waals surface area (Å²) < 4.78 is 14.4.